The maximum absolute atomic E-state index is 11.9. The number of amides is 1. The lowest BCUT2D eigenvalue weighted by Gasteiger charge is -2.10. The smallest absolute Gasteiger partial charge is 0.234 e. The van der Waals surface area contributed by atoms with E-state index in [4.69, 9.17) is 5.73 Å². The van der Waals surface area contributed by atoms with Crippen molar-refractivity contribution in [3.63, 3.8) is 0 Å². The lowest BCUT2D eigenvalue weighted by molar-refractivity contribution is -0.113. The first kappa shape index (κ1) is 16.3. The first-order chi connectivity index (χ1) is 9.45. The summed E-state index contributed by atoms with van der Waals surface area (Å²) < 4.78 is 3.45. The summed E-state index contributed by atoms with van der Waals surface area (Å²) >= 11 is 13.0. The number of hydrogen-bond donors (Lipinski definition) is 2. The summed E-state index contributed by atoms with van der Waals surface area (Å²) in [6.45, 7) is 0. The maximum Gasteiger partial charge on any atom is 0.234 e. The van der Waals surface area contributed by atoms with Crippen LogP contribution in [0.3, 0.4) is 0 Å². The van der Waals surface area contributed by atoms with Gasteiger partial charge in [0.05, 0.1) is 21.8 Å². The molecule has 2 aromatic rings. The van der Waals surface area contributed by atoms with Gasteiger partial charge in [-0.1, -0.05) is 27.3 Å². The highest BCUT2D eigenvalue weighted by molar-refractivity contribution is 9.11. The minimum absolute atomic E-state index is 0.0920. The van der Waals surface area contributed by atoms with Crippen molar-refractivity contribution in [3.8, 4) is 0 Å². The summed E-state index contributed by atoms with van der Waals surface area (Å²) in [5.74, 6) is 0.210. The van der Waals surface area contributed by atoms with Crippen LogP contribution in [0.4, 0.5) is 10.8 Å². The number of halogens is 3. The third kappa shape index (κ3) is 4.45. The lowest BCUT2D eigenvalue weighted by atomic mass is 10.3. The molecular formula is C11H8Br3N3OS2. The van der Waals surface area contributed by atoms with Gasteiger partial charge in [0.25, 0.3) is 0 Å². The van der Waals surface area contributed by atoms with Crippen molar-refractivity contribution >= 4 is 87.6 Å². The van der Waals surface area contributed by atoms with Gasteiger partial charge in [0, 0.05) is 13.4 Å². The number of carbonyl (C=O) groups excluding carboxylic acids is 1. The van der Waals surface area contributed by atoms with E-state index in [1.54, 1.807) is 6.20 Å². The van der Waals surface area contributed by atoms with Crippen LogP contribution >= 0.6 is 70.9 Å². The number of thiazole rings is 1. The molecule has 0 fully saturated rings. The van der Waals surface area contributed by atoms with Crippen molar-refractivity contribution in [1.29, 1.82) is 0 Å². The fourth-order valence-corrected chi connectivity index (χ4v) is 5.33. The van der Waals surface area contributed by atoms with Gasteiger partial charge in [-0.2, -0.15) is 0 Å². The molecule has 0 saturated carbocycles. The van der Waals surface area contributed by atoms with Gasteiger partial charge in [0.2, 0.25) is 5.91 Å². The second-order valence-corrected chi connectivity index (χ2v) is 8.56. The quantitative estimate of drug-likeness (QED) is 0.594. The van der Waals surface area contributed by atoms with E-state index in [1.165, 1.54) is 23.1 Å². The molecule has 0 saturated heterocycles. The second kappa shape index (κ2) is 7.26. The molecule has 1 aromatic carbocycles. The monoisotopic (exact) mass is 499 g/mol. The van der Waals surface area contributed by atoms with Crippen LogP contribution in [0.15, 0.2) is 36.0 Å². The number of rotatable bonds is 4. The van der Waals surface area contributed by atoms with Crippen LogP contribution in [0.5, 0.6) is 0 Å². The number of nitrogens with two attached hydrogens (primary N) is 1. The molecule has 1 heterocycles. The fourth-order valence-electron chi connectivity index (χ4n) is 1.31. The van der Waals surface area contributed by atoms with Crippen LogP contribution < -0.4 is 11.1 Å². The number of anilines is 2. The molecular weight excluding hydrogens is 494 g/mol. The van der Waals surface area contributed by atoms with Crippen LogP contribution in [0.2, 0.25) is 0 Å². The molecule has 1 aromatic heterocycles. The average Bonchev–Trinajstić information content (AvgIpc) is 2.77. The number of nitrogen functional groups attached to an aromatic ring is 1. The molecule has 4 nitrogen and oxygen atoms in total. The van der Waals surface area contributed by atoms with E-state index in [1.807, 2.05) is 12.1 Å². The zero-order valence-electron chi connectivity index (χ0n) is 9.82. The molecule has 106 valence electrons. The lowest BCUT2D eigenvalue weighted by Crippen LogP contribution is -2.14. The number of benzene rings is 1. The van der Waals surface area contributed by atoms with E-state index in [2.05, 4.69) is 58.1 Å². The largest absolute Gasteiger partial charge is 0.375 e. The van der Waals surface area contributed by atoms with E-state index >= 15 is 0 Å². The van der Waals surface area contributed by atoms with E-state index in [-0.39, 0.29) is 5.91 Å². The fraction of sp³-hybridized carbons (Fsp3) is 0.0909. The first-order valence-corrected chi connectivity index (χ1v) is 9.42. The molecule has 2 rings (SSSR count). The highest BCUT2D eigenvalue weighted by Gasteiger charge is 2.11. The number of carbonyl (C=O) groups is 1. The topological polar surface area (TPSA) is 68.0 Å². The summed E-state index contributed by atoms with van der Waals surface area (Å²) in [6, 6.07) is 3.74. The summed E-state index contributed by atoms with van der Waals surface area (Å²) in [4.78, 5) is 15.9. The first-order valence-electron chi connectivity index (χ1n) is 5.24. The SMILES string of the molecule is Nc1ncc(SCC(=O)Nc2c(Br)cc(Br)cc2Br)s1. The number of nitrogens with zero attached hydrogens (tertiary/aromatic N) is 1. The molecule has 0 aliphatic carbocycles. The summed E-state index contributed by atoms with van der Waals surface area (Å²) in [6.07, 6.45) is 1.67. The van der Waals surface area contributed by atoms with Gasteiger partial charge >= 0.3 is 0 Å². The van der Waals surface area contributed by atoms with E-state index in [0.717, 1.165) is 17.6 Å². The molecule has 3 N–H and O–H groups in total. The Morgan fingerprint density at radius 2 is 2.00 bits per heavy atom. The van der Waals surface area contributed by atoms with E-state index < -0.39 is 0 Å². The van der Waals surface area contributed by atoms with Crippen molar-refractivity contribution in [3.05, 3.63) is 31.7 Å². The molecule has 20 heavy (non-hydrogen) atoms. The molecule has 1 amide bonds. The molecule has 0 bridgehead atoms. The highest BCUT2D eigenvalue weighted by atomic mass is 79.9. The third-order valence-corrected chi connectivity index (χ3v) is 5.85. The van der Waals surface area contributed by atoms with Gasteiger partial charge in [0.1, 0.15) is 0 Å². The van der Waals surface area contributed by atoms with Crippen LogP contribution in [-0.2, 0) is 4.79 Å². The Morgan fingerprint density at radius 3 is 2.55 bits per heavy atom. The number of thioether (sulfide) groups is 1. The zero-order valence-corrected chi connectivity index (χ0v) is 16.2. The molecule has 9 heteroatoms. The Hall–Kier alpha value is -0.0900. The van der Waals surface area contributed by atoms with E-state index in [0.29, 0.717) is 16.6 Å². The van der Waals surface area contributed by atoms with Crippen molar-refractivity contribution in [2.24, 2.45) is 0 Å². The maximum atomic E-state index is 11.9. The molecule has 0 atom stereocenters. The van der Waals surface area contributed by atoms with Crippen LogP contribution in [0.25, 0.3) is 0 Å². The van der Waals surface area contributed by atoms with Gasteiger partial charge in [0.15, 0.2) is 5.13 Å². The summed E-state index contributed by atoms with van der Waals surface area (Å²) in [5, 5.41) is 3.37. The average molecular weight is 502 g/mol. The Bertz CT molecular complexity index is 625. The summed E-state index contributed by atoms with van der Waals surface area (Å²) in [5.41, 5.74) is 6.25. The van der Waals surface area contributed by atoms with Crippen molar-refractivity contribution < 1.29 is 4.79 Å². The van der Waals surface area contributed by atoms with Gasteiger partial charge in [-0.3, -0.25) is 4.79 Å². The Labute approximate surface area is 149 Å². The van der Waals surface area contributed by atoms with Crippen molar-refractivity contribution in [1.82, 2.24) is 4.98 Å². The normalized spacial score (nSPS) is 10.6. The van der Waals surface area contributed by atoms with E-state index in [9.17, 15) is 4.79 Å². The number of hydrogen-bond acceptors (Lipinski definition) is 5. The Balaban J connectivity index is 1.98. The van der Waals surface area contributed by atoms with Gasteiger partial charge in [-0.15, -0.1) is 11.8 Å². The minimum Gasteiger partial charge on any atom is -0.375 e. The predicted octanol–water partition coefficient (Wildman–Crippen LogP) is 4.74. The van der Waals surface area contributed by atoms with Crippen LogP contribution in [0, 0.1) is 0 Å². The summed E-state index contributed by atoms with van der Waals surface area (Å²) in [7, 11) is 0. The standard InChI is InChI=1S/C11H8Br3N3OS2/c12-5-1-6(13)10(7(14)2-5)17-8(18)4-19-9-3-16-11(15)20-9/h1-3H,4H2,(H2,15,16)(H,17,18). The molecule has 0 radical (unpaired) electrons. The third-order valence-electron chi connectivity index (χ3n) is 2.12. The van der Waals surface area contributed by atoms with Gasteiger partial charge in [-0.05, 0) is 44.0 Å². The molecule has 0 aliphatic rings. The predicted molar refractivity (Wildman–Crippen MR) is 95.4 cm³/mol. The van der Waals surface area contributed by atoms with Crippen molar-refractivity contribution in [2.75, 3.05) is 16.8 Å². The van der Waals surface area contributed by atoms with Crippen molar-refractivity contribution in [2.45, 2.75) is 4.21 Å². The molecule has 0 spiro atoms. The Morgan fingerprint density at radius 1 is 1.35 bits per heavy atom. The van der Waals surface area contributed by atoms with Gasteiger partial charge < -0.3 is 11.1 Å². The van der Waals surface area contributed by atoms with Crippen LogP contribution in [0.1, 0.15) is 0 Å². The molecule has 0 unspecified atom stereocenters. The molecule has 0 aliphatic heterocycles. The Kier molecular flexibility index (Phi) is 5.91. The minimum atomic E-state index is -0.0920. The van der Waals surface area contributed by atoms with Gasteiger partial charge in [-0.25, -0.2) is 4.98 Å². The highest BCUT2D eigenvalue weighted by Crippen LogP contribution is 2.34. The number of nitrogens with one attached hydrogen (secondary N) is 1. The number of aromatic nitrogens is 1. The zero-order chi connectivity index (χ0) is 14.7. The second-order valence-electron chi connectivity index (χ2n) is 3.60. The van der Waals surface area contributed by atoms with Crippen LogP contribution in [-0.4, -0.2) is 16.6 Å².